The largest absolute Gasteiger partial charge is 0.378 e. The summed E-state index contributed by atoms with van der Waals surface area (Å²) < 4.78 is 7.52. The van der Waals surface area contributed by atoms with E-state index in [2.05, 4.69) is 44.0 Å². The molecule has 0 aliphatic carbocycles. The van der Waals surface area contributed by atoms with Gasteiger partial charge in [-0.25, -0.2) is 4.98 Å². The van der Waals surface area contributed by atoms with Gasteiger partial charge in [-0.15, -0.1) is 0 Å². The number of benzene rings is 2. The molecular weight excluding hydrogens is 386 g/mol. The maximum Gasteiger partial charge on any atom is 0.227 e. The number of hydrogen-bond acceptors (Lipinski definition) is 5. The van der Waals surface area contributed by atoms with Crippen LogP contribution in [-0.4, -0.2) is 40.8 Å². The Labute approximate surface area is 173 Å². The van der Waals surface area contributed by atoms with Crippen LogP contribution in [-0.2, 0) is 4.74 Å². The van der Waals surface area contributed by atoms with E-state index in [1.54, 1.807) is 0 Å². The van der Waals surface area contributed by atoms with Crippen LogP contribution in [0.3, 0.4) is 0 Å². The number of hydrogen-bond donors (Lipinski definition) is 1. The molecule has 7 heteroatoms. The van der Waals surface area contributed by atoms with Crippen LogP contribution in [0, 0.1) is 0 Å². The third kappa shape index (κ3) is 3.77. The fourth-order valence-electron chi connectivity index (χ4n) is 3.51. The van der Waals surface area contributed by atoms with Crippen LogP contribution in [0.15, 0.2) is 67.0 Å². The summed E-state index contributed by atoms with van der Waals surface area (Å²) in [5.74, 6) is 1.60. The topological polar surface area (TPSA) is 55.2 Å². The number of morpholine rings is 1. The molecule has 0 amide bonds. The molecule has 1 saturated heterocycles. The summed E-state index contributed by atoms with van der Waals surface area (Å²) in [5.41, 5.74) is 3.12. The first-order valence-electron chi connectivity index (χ1n) is 9.56. The SMILES string of the molecule is Clc1ccc(Nc2ccc3c(ccn3-c3ccnc(N4CCOCC4)n3)c2)cc1. The van der Waals surface area contributed by atoms with Gasteiger partial charge in [0, 0.05) is 47.3 Å². The predicted molar refractivity (Wildman–Crippen MR) is 117 cm³/mol. The minimum absolute atomic E-state index is 0.712. The van der Waals surface area contributed by atoms with Gasteiger partial charge in [-0.2, -0.15) is 4.98 Å². The fourth-order valence-corrected chi connectivity index (χ4v) is 3.64. The molecule has 6 nitrogen and oxygen atoms in total. The van der Waals surface area contributed by atoms with Crippen LogP contribution in [0.4, 0.5) is 17.3 Å². The zero-order valence-corrected chi connectivity index (χ0v) is 16.5. The second-order valence-corrected chi connectivity index (χ2v) is 7.34. The number of aromatic nitrogens is 3. The van der Waals surface area contributed by atoms with Crippen LogP contribution in [0.1, 0.15) is 0 Å². The highest BCUT2D eigenvalue weighted by Crippen LogP contribution is 2.26. The molecular formula is C22H20ClN5O. The molecule has 1 fully saturated rings. The summed E-state index contributed by atoms with van der Waals surface area (Å²) in [4.78, 5) is 11.4. The van der Waals surface area contributed by atoms with Crippen LogP contribution >= 0.6 is 11.6 Å². The van der Waals surface area contributed by atoms with Gasteiger partial charge in [0.15, 0.2) is 0 Å². The smallest absolute Gasteiger partial charge is 0.227 e. The first kappa shape index (κ1) is 18.0. The van der Waals surface area contributed by atoms with Crippen molar-refractivity contribution in [2.75, 3.05) is 36.5 Å². The number of nitrogens with one attached hydrogen (secondary N) is 1. The molecule has 0 bridgehead atoms. The fraction of sp³-hybridized carbons (Fsp3) is 0.182. The molecule has 29 heavy (non-hydrogen) atoms. The lowest BCUT2D eigenvalue weighted by Gasteiger charge is -2.26. The zero-order chi connectivity index (χ0) is 19.6. The molecule has 2 aromatic carbocycles. The number of fused-ring (bicyclic) bond motifs is 1. The van der Waals surface area contributed by atoms with Crippen molar-refractivity contribution in [1.82, 2.24) is 14.5 Å². The minimum atomic E-state index is 0.712. The van der Waals surface area contributed by atoms with Gasteiger partial charge < -0.3 is 19.5 Å². The van der Waals surface area contributed by atoms with Crippen LogP contribution < -0.4 is 10.2 Å². The van der Waals surface area contributed by atoms with Crippen molar-refractivity contribution in [2.45, 2.75) is 0 Å². The molecule has 146 valence electrons. The molecule has 0 saturated carbocycles. The quantitative estimate of drug-likeness (QED) is 0.535. The van der Waals surface area contributed by atoms with Gasteiger partial charge in [0.05, 0.1) is 18.7 Å². The van der Waals surface area contributed by atoms with Crippen molar-refractivity contribution >= 4 is 39.8 Å². The summed E-state index contributed by atoms with van der Waals surface area (Å²) in [7, 11) is 0. The Hall–Kier alpha value is -3.09. The van der Waals surface area contributed by atoms with Crippen molar-refractivity contribution in [3.8, 4) is 5.82 Å². The van der Waals surface area contributed by atoms with Crippen LogP contribution in [0.5, 0.6) is 0 Å². The summed E-state index contributed by atoms with van der Waals surface area (Å²) in [6.45, 7) is 3.05. The molecule has 1 N–H and O–H groups in total. The van der Waals surface area contributed by atoms with Gasteiger partial charge >= 0.3 is 0 Å². The van der Waals surface area contributed by atoms with Gasteiger partial charge in [0.1, 0.15) is 5.82 Å². The van der Waals surface area contributed by atoms with E-state index in [0.29, 0.717) is 13.2 Å². The van der Waals surface area contributed by atoms with Gasteiger partial charge in [0.2, 0.25) is 5.95 Å². The van der Waals surface area contributed by atoms with E-state index in [9.17, 15) is 0 Å². The van der Waals surface area contributed by atoms with Crippen molar-refractivity contribution in [2.24, 2.45) is 0 Å². The second kappa shape index (κ2) is 7.73. The summed E-state index contributed by atoms with van der Waals surface area (Å²) >= 11 is 5.96. The Morgan fingerprint density at radius 1 is 0.931 bits per heavy atom. The van der Waals surface area contributed by atoms with E-state index in [1.807, 2.05) is 42.7 Å². The highest BCUT2D eigenvalue weighted by molar-refractivity contribution is 6.30. The molecule has 0 unspecified atom stereocenters. The lowest BCUT2D eigenvalue weighted by molar-refractivity contribution is 0.122. The number of nitrogens with zero attached hydrogens (tertiary/aromatic N) is 4. The molecule has 2 aromatic heterocycles. The standard InChI is InChI=1S/C22H20ClN5O/c23-17-1-3-18(4-2-17)25-19-5-6-20-16(15-19)8-10-28(20)21-7-9-24-22(26-21)27-11-13-29-14-12-27/h1-10,15,25H,11-14H2. The van der Waals surface area contributed by atoms with E-state index < -0.39 is 0 Å². The lowest BCUT2D eigenvalue weighted by atomic mass is 10.2. The van der Waals surface area contributed by atoms with Crippen molar-refractivity contribution < 1.29 is 4.74 Å². The highest BCUT2D eigenvalue weighted by Gasteiger charge is 2.15. The Morgan fingerprint density at radius 2 is 1.72 bits per heavy atom. The van der Waals surface area contributed by atoms with Gasteiger partial charge in [-0.1, -0.05) is 11.6 Å². The number of ether oxygens (including phenoxy) is 1. The molecule has 0 atom stereocenters. The van der Waals surface area contributed by atoms with Crippen molar-refractivity contribution in [3.63, 3.8) is 0 Å². The van der Waals surface area contributed by atoms with Crippen molar-refractivity contribution in [1.29, 1.82) is 0 Å². The molecule has 4 aromatic rings. The van der Waals surface area contributed by atoms with Crippen molar-refractivity contribution in [3.05, 3.63) is 72.0 Å². The minimum Gasteiger partial charge on any atom is -0.378 e. The number of halogens is 1. The Morgan fingerprint density at radius 3 is 2.55 bits per heavy atom. The Balaban J connectivity index is 1.43. The molecule has 1 aliphatic rings. The molecule has 3 heterocycles. The van der Waals surface area contributed by atoms with E-state index in [0.717, 1.165) is 52.2 Å². The van der Waals surface area contributed by atoms with Crippen LogP contribution in [0.25, 0.3) is 16.7 Å². The van der Waals surface area contributed by atoms with Gasteiger partial charge in [-0.3, -0.25) is 0 Å². The van der Waals surface area contributed by atoms with E-state index in [1.165, 1.54) is 0 Å². The maximum absolute atomic E-state index is 5.96. The van der Waals surface area contributed by atoms with Gasteiger partial charge in [0.25, 0.3) is 0 Å². The zero-order valence-electron chi connectivity index (χ0n) is 15.8. The normalized spacial score (nSPS) is 14.3. The first-order valence-corrected chi connectivity index (χ1v) is 9.94. The molecule has 0 radical (unpaired) electrons. The van der Waals surface area contributed by atoms with Crippen LogP contribution in [0.2, 0.25) is 5.02 Å². The average Bonchev–Trinajstić information content (AvgIpc) is 3.19. The lowest BCUT2D eigenvalue weighted by Crippen LogP contribution is -2.37. The van der Waals surface area contributed by atoms with E-state index >= 15 is 0 Å². The predicted octanol–water partition coefficient (Wildman–Crippen LogP) is 4.65. The third-order valence-electron chi connectivity index (χ3n) is 4.99. The second-order valence-electron chi connectivity index (χ2n) is 6.91. The van der Waals surface area contributed by atoms with E-state index in [-0.39, 0.29) is 0 Å². The molecule has 1 aliphatic heterocycles. The Kier molecular flexibility index (Phi) is 4.79. The summed E-state index contributed by atoms with van der Waals surface area (Å²) in [6.07, 6.45) is 3.86. The summed E-state index contributed by atoms with van der Waals surface area (Å²) in [6, 6.07) is 18.0. The molecule has 5 rings (SSSR count). The van der Waals surface area contributed by atoms with E-state index in [4.69, 9.17) is 21.3 Å². The number of rotatable bonds is 4. The number of anilines is 3. The first-order chi connectivity index (χ1) is 14.3. The molecule has 0 spiro atoms. The third-order valence-corrected chi connectivity index (χ3v) is 5.24. The van der Waals surface area contributed by atoms with Gasteiger partial charge in [-0.05, 0) is 54.6 Å². The maximum atomic E-state index is 5.96. The monoisotopic (exact) mass is 405 g/mol. The highest BCUT2D eigenvalue weighted by atomic mass is 35.5. The average molecular weight is 406 g/mol. The Bertz CT molecular complexity index is 1140. The summed E-state index contributed by atoms with van der Waals surface area (Å²) in [5, 5.41) is 5.27.